The number of carbonyl (C=O) groups is 1. The third-order valence-corrected chi connectivity index (χ3v) is 9.03. The smallest absolute Gasteiger partial charge is 0.249 e. The van der Waals surface area contributed by atoms with E-state index in [1.54, 1.807) is 22.5 Å². The molecule has 2 aromatic rings. The quantitative estimate of drug-likeness (QED) is 0.390. The maximum Gasteiger partial charge on any atom is 0.249 e. The Hall–Kier alpha value is -2.76. The minimum atomic E-state index is -3.55. The van der Waals surface area contributed by atoms with Crippen LogP contribution in [0.25, 0.3) is 17.2 Å². The van der Waals surface area contributed by atoms with E-state index in [1.807, 2.05) is 49.3 Å². The average molecular weight is 555 g/mol. The number of fused-ring (bicyclic) bond motifs is 1. The molecule has 0 aliphatic carbocycles. The van der Waals surface area contributed by atoms with Gasteiger partial charge in [0, 0.05) is 50.4 Å². The molecule has 9 nitrogen and oxygen atoms in total. The van der Waals surface area contributed by atoms with Gasteiger partial charge in [-0.05, 0) is 80.4 Å². The molecule has 1 unspecified atom stereocenters. The second-order valence-corrected chi connectivity index (χ2v) is 12.8. The van der Waals surface area contributed by atoms with Crippen molar-refractivity contribution in [2.45, 2.75) is 37.2 Å². The standard InChI is InChI=1S/C29H42N6O3S/c1-4-12-34(13-6-11-30)29(36)25-14-24-10-9-23(16-27(24)32-28(31)17-25)22-7-5-8-26(15-22)39(37,38)35-19-21(20-35)18-33(2)3/h5,7-10,14-16,21,28,32H,4,6,11-13,17-20,30-31H2,1-3H3. The molecular formula is C29H42N6O3S. The molecule has 1 atom stereocenters. The predicted molar refractivity (Wildman–Crippen MR) is 157 cm³/mol. The first-order valence-corrected chi connectivity index (χ1v) is 15.2. The van der Waals surface area contributed by atoms with Crippen molar-refractivity contribution in [1.82, 2.24) is 14.1 Å². The van der Waals surface area contributed by atoms with Crippen LogP contribution in [-0.4, -0.2) is 88.0 Å². The minimum Gasteiger partial charge on any atom is -0.369 e. The summed E-state index contributed by atoms with van der Waals surface area (Å²) in [6.07, 6.45) is 3.53. The van der Waals surface area contributed by atoms with Crippen LogP contribution < -0.4 is 16.8 Å². The van der Waals surface area contributed by atoms with Crippen LogP contribution in [-0.2, 0) is 14.8 Å². The van der Waals surface area contributed by atoms with Crippen LogP contribution in [0.15, 0.2) is 52.9 Å². The van der Waals surface area contributed by atoms with Crippen LogP contribution in [0.2, 0.25) is 0 Å². The van der Waals surface area contributed by atoms with Crippen molar-refractivity contribution in [3.8, 4) is 11.1 Å². The van der Waals surface area contributed by atoms with Crippen LogP contribution in [0, 0.1) is 5.92 Å². The van der Waals surface area contributed by atoms with Gasteiger partial charge in [0.05, 0.1) is 11.1 Å². The molecule has 10 heteroatoms. The van der Waals surface area contributed by atoms with Gasteiger partial charge in [0.1, 0.15) is 0 Å². The largest absolute Gasteiger partial charge is 0.369 e. The number of nitrogens with one attached hydrogen (secondary N) is 1. The summed E-state index contributed by atoms with van der Waals surface area (Å²) in [6.45, 7) is 5.86. The molecule has 1 amide bonds. The highest BCUT2D eigenvalue weighted by Crippen LogP contribution is 2.33. The number of hydrogen-bond acceptors (Lipinski definition) is 7. The number of hydrogen-bond donors (Lipinski definition) is 3. The normalized spacial score (nSPS) is 18.1. The fraction of sp³-hybridized carbons (Fsp3) is 0.483. The van der Waals surface area contributed by atoms with Gasteiger partial charge in [-0.15, -0.1) is 0 Å². The van der Waals surface area contributed by atoms with E-state index in [9.17, 15) is 13.2 Å². The zero-order chi connectivity index (χ0) is 28.2. The molecule has 1 saturated heterocycles. The Bertz CT molecular complexity index is 1300. The molecular weight excluding hydrogens is 512 g/mol. The number of sulfonamides is 1. The lowest BCUT2D eigenvalue weighted by Gasteiger charge is -2.39. The lowest BCUT2D eigenvalue weighted by atomic mass is 10.0. The van der Waals surface area contributed by atoms with E-state index in [0.717, 1.165) is 41.8 Å². The summed E-state index contributed by atoms with van der Waals surface area (Å²) in [7, 11) is 0.453. The summed E-state index contributed by atoms with van der Waals surface area (Å²) in [5.74, 6) is 0.355. The van der Waals surface area contributed by atoms with Crippen LogP contribution in [0.4, 0.5) is 5.69 Å². The van der Waals surface area contributed by atoms with E-state index in [1.165, 1.54) is 0 Å². The Labute approximate surface area is 232 Å². The monoisotopic (exact) mass is 554 g/mol. The topological polar surface area (TPSA) is 125 Å². The third-order valence-electron chi connectivity index (χ3n) is 7.20. The first-order valence-electron chi connectivity index (χ1n) is 13.7. The molecule has 0 radical (unpaired) electrons. The van der Waals surface area contributed by atoms with E-state index in [2.05, 4.69) is 17.1 Å². The lowest BCUT2D eigenvalue weighted by molar-refractivity contribution is -0.127. The molecule has 2 heterocycles. The van der Waals surface area contributed by atoms with Gasteiger partial charge in [-0.1, -0.05) is 31.2 Å². The molecule has 2 aliphatic rings. The first kappa shape index (κ1) is 29.2. The van der Waals surface area contributed by atoms with E-state index in [0.29, 0.717) is 55.5 Å². The fourth-order valence-electron chi connectivity index (χ4n) is 5.28. The fourth-order valence-corrected chi connectivity index (χ4v) is 6.91. The molecule has 0 bridgehead atoms. The molecule has 4 rings (SSSR count). The SMILES string of the molecule is CCCN(CCCN)C(=O)C1=Cc2ccc(-c3cccc(S(=O)(=O)N4CC(CN(C)C)C4)c3)cc2NC(N)C1. The molecule has 0 saturated carbocycles. The molecule has 39 heavy (non-hydrogen) atoms. The lowest BCUT2D eigenvalue weighted by Crippen LogP contribution is -2.52. The van der Waals surface area contributed by atoms with Gasteiger partial charge in [-0.3, -0.25) is 4.79 Å². The summed E-state index contributed by atoms with van der Waals surface area (Å²) < 4.78 is 28.1. The zero-order valence-corrected chi connectivity index (χ0v) is 24.1. The molecule has 0 aromatic heterocycles. The number of benzene rings is 2. The Kier molecular flexibility index (Phi) is 9.45. The molecule has 2 aromatic carbocycles. The number of amides is 1. The summed E-state index contributed by atoms with van der Waals surface area (Å²) in [4.78, 5) is 17.6. The van der Waals surface area contributed by atoms with Crippen molar-refractivity contribution in [3.05, 3.63) is 53.6 Å². The van der Waals surface area contributed by atoms with Gasteiger partial charge in [0.2, 0.25) is 15.9 Å². The van der Waals surface area contributed by atoms with E-state index < -0.39 is 16.2 Å². The van der Waals surface area contributed by atoms with Crippen LogP contribution in [0.5, 0.6) is 0 Å². The first-order chi connectivity index (χ1) is 18.6. The van der Waals surface area contributed by atoms with E-state index in [-0.39, 0.29) is 5.91 Å². The van der Waals surface area contributed by atoms with Crippen LogP contribution in [0.3, 0.4) is 0 Å². The highest BCUT2D eigenvalue weighted by atomic mass is 32.2. The van der Waals surface area contributed by atoms with Crippen molar-refractivity contribution >= 4 is 27.7 Å². The molecule has 2 aliphatic heterocycles. The number of nitrogens with two attached hydrogens (primary N) is 2. The molecule has 0 spiro atoms. The number of nitrogens with zero attached hydrogens (tertiary/aromatic N) is 3. The number of carbonyl (C=O) groups excluding carboxylic acids is 1. The van der Waals surface area contributed by atoms with Gasteiger partial charge in [0.25, 0.3) is 0 Å². The maximum absolute atomic E-state index is 13.3. The second kappa shape index (κ2) is 12.6. The van der Waals surface area contributed by atoms with Crippen molar-refractivity contribution in [2.24, 2.45) is 17.4 Å². The predicted octanol–water partition coefficient (Wildman–Crippen LogP) is 2.61. The Morgan fingerprint density at radius 1 is 1.10 bits per heavy atom. The summed E-state index contributed by atoms with van der Waals surface area (Å²) >= 11 is 0. The zero-order valence-electron chi connectivity index (χ0n) is 23.3. The van der Waals surface area contributed by atoms with E-state index >= 15 is 0 Å². The van der Waals surface area contributed by atoms with Crippen molar-refractivity contribution in [3.63, 3.8) is 0 Å². The van der Waals surface area contributed by atoms with E-state index in [4.69, 9.17) is 11.5 Å². The Morgan fingerprint density at radius 2 is 1.85 bits per heavy atom. The second-order valence-electron chi connectivity index (χ2n) is 10.8. The van der Waals surface area contributed by atoms with Crippen molar-refractivity contribution in [1.29, 1.82) is 0 Å². The maximum atomic E-state index is 13.3. The highest BCUT2D eigenvalue weighted by molar-refractivity contribution is 7.89. The minimum absolute atomic E-state index is 0.00352. The van der Waals surface area contributed by atoms with Crippen LogP contribution in [0.1, 0.15) is 31.7 Å². The average Bonchev–Trinajstić information content (AvgIpc) is 3.05. The van der Waals surface area contributed by atoms with Crippen molar-refractivity contribution in [2.75, 3.05) is 58.7 Å². The van der Waals surface area contributed by atoms with Gasteiger partial charge in [0.15, 0.2) is 0 Å². The number of rotatable bonds is 11. The van der Waals surface area contributed by atoms with Gasteiger partial charge in [-0.25, -0.2) is 8.42 Å². The molecule has 1 fully saturated rings. The van der Waals surface area contributed by atoms with Gasteiger partial charge < -0.3 is 26.6 Å². The Balaban J connectivity index is 1.57. The van der Waals surface area contributed by atoms with Crippen LogP contribution >= 0.6 is 0 Å². The summed E-state index contributed by atoms with van der Waals surface area (Å²) in [5, 5.41) is 3.34. The summed E-state index contributed by atoms with van der Waals surface area (Å²) in [6, 6.07) is 13.0. The van der Waals surface area contributed by atoms with Gasteiger partial charge in [-0.2, -0.15) is 4.31 Å². The molecule has 5 N–H and O–H groups in total. The summed E-state index contributed by atoms with van der Waals surface area (Å²) in [5.41, 5.74) is 16.1. The van der Waals surface area contributed by atoms with Gasteiger partial charge >= 0.3 is 0 Å². The number of anilines is 1. The highest BCUT2D eigenvalue weighted by Gasteiger charge is 2.36. The van der Waals surface area contributed by atoms with Crippen molar-refractivity contribution < 1.29 is 13.2 Å². The third kappa shape index (κ3) is 6.88. The molecule has 212 valence electrons. The Morgan fingerprint density at radius 3 is 2.54 bits per heavy atom.